The van der Waals surface area contributed by atoms with Crippen molar-refractivity contribution in [1.82, 2.24) is 0 Å². The fraction of sp³-hybridized carbons (Fsp3) is 0.556. The third-order valence-corrected chi connectivity index (χ3v) is 5.36. The lowest BCUT2D eigenvalue weighted by molar-refractivity contribution is -0.157. The summed E-state index contributed by atoms with van der Waals surface area (Å²) in [5, 5.41) is 12.0. The highest BCUT2D eigenvalue weighted by molar-refractivity contribution is 5.82. The molecule has 0 radical (unpaired) electrons. The minimum Gasteiger partial charge on any atom is -0.461 e. The molecule has 4 rings (SSSR count). The Morgan fingerprint density at radius 2 is 2.10 bits per heavy atom. The Hall–Kier alpha value is -1.32. The van der Waals surface area contributed by atoms with Gasteiger partial charge in [-0.2, -0.15) is 0 Å². The minimum absolute atomic E-state index is 0.0668. The van der Waals surface area contributed by atoms with Gasteiger partial charge in [0.25, 0.3) is 0 Å². The van der Waals surface area contributed by atoms with Gasteiger partial charge in [-0.3, -0.25) is 0 Å². The van der Waals surface area contributed by atoms with Crippen molar-refractivity contribution in [1.29, 1.82) is 0 Å². The Morgan fingerprint density at radius 1 is 1.29 bits per heavy atom. The molecule has 112 valence electrons. The van der Waals surface area contributed by atoms with E-state index in [4.69, 9.17) is 9.15 Å². The Kier molecular flexibility index (Phi) is 3.09. The summed E-state index contributed by atoms with van der Waals surface area (Å²) in [7, 11) is 0. The van der Waals surface area contributed by atoms with E-state index in [-0.39, 0.29) is 11.5 Å². The standard InChI is InChI=1S/C18H22O3/c1-12-16(14-5-2-3-6-15(14)21-12)17(19)13-7-10-20-18(11-13)8-4-9-18/h2-3,5-6,13,17,19H,4,7-11H2,1H3. The maximum atomic E-state index is 10.9. The Bertz CT molecular complexity index is 654. The summed E-state index contributed by atoms with van der Waals surface area (Å²) < 4.78 is 11.8. The third-order valence-electron chi connectivity index (χ3n) is 5.36. The molecule has 1 saturated heterocycles. The van der Waals surface area contributed by atoms with Crippen molar-refractivity contribution >= 4 is 11.0 Å². The predicted octanol–water partition coefficient (Wildman–Crippen LogP) is 4.12. The summed E-state index contributed by atoms with van der Waals surface area (Å²) in [5.41, 5.74) is 1.92. The molecule has 3 heteroatoms. The zero-order valence-corrected chi connectivity index (χ0v) is 12.5. The summed E-state index contributed by atoms with van der Waals surface area (Å²) in [6, 6.07) is 7.99. The summed E-state index contributed by atoms with van der Waals surface area (Å²) >= 11 is 0. The van der Waals surface area contributed by atoms with Crippen LogP contribution in [0.3, 0.4) is 0 Å². The molecule has 1 aliphatic heterocycles. The van der Waals surface area contributed by atoms with E-state index < -0.39 is 6.10 Å². The predicted molar refractivity (Wildman–Crippen MR) is 81.2 cm³/mol. The first-order chi connectivity index (χ1) is 10.2. The van der Waals surface area contributed by atoms with Gasteiger partial charge in [0.2, 0.25) is 0 Å². The first kappa shape index (κ1) is 13.4. The van der Waals surface area contributed by atoms with Gasteiger partial charge >= 0.3 is 0 Å². The minimum atomic E-state index is -0.449. The van der Waals surface area contributed by atoms with Crippen LogP contribution in [0.2, 0.25) is 0 Å². The van der Waals surface area contributed by atoms with E-state index in [1.54, 1.807) is 0 Å². The van der Waals surface area contributed by atoms with Crippen LogP contribution in [0.4, 0.5) is 0 Å². The fourth-order valence-corrected chi connectivity index (χ4v) is 4.05. The third kappa shape index (κ3) is 2.11. The van der Waals surface area contributed by atoms with Gasteiger partial charge in [0.1, 0.15) is 11.3 Å². The number of aryl methyl sites for hydroxylation is 1. The highest BCUT2D eigenvalue weighted by Gasteiger charge is 2.44. The zero-order chi connectivity index (χ0) is 14.4. The number of aliphatic hydroxyl groups excluding tert-OH is 1. The molecule has 0 bridgehead atoms. The molecule has 2 aliphatic rings. The molecule has 2 atom stereocenters. The fourth-order valence-electron chi connectivity index (χ4n) is 4.05. The second kappa shape index (κ2) is 4.85. The van der Waals surface area contributed by atoms with Gasteiger partial charge in [0.05, 0.1) is 11.7 Å². The number of aliphatic hydroxyl groups is 1. The summed E-state index contributed by atoms with van der Waals surface area (Å²) in [6.45, 7) is 2.73. The molecule has 3 nitrogen and oxygen atoms in total. The number of fused-ring (bicyclic) bond motifs is 1. The van der Waals surface area contributed by atoms with Crippen LogP contribution in [0.1, 0.15) is 49.5 Å². The number of para-hydroxylation sites is 1. The van der Waals surface area contributed by atoms with Gasteiger partial charge in [0.15, 0.2) is 0 Å². The second-order valence-corrected chi connectivity index (χ2v) is 6.65. The first-order valence-electron chi connectivity index (χ1n) is 7.99. The monoisotopic (exact) mass is 286 g/mol. The van der Waals surface area contributed by atoms with Crippen LogP contribution in [0.5, 0.6) is 0 Å². The molecule has 2 fully saturated rings. The van der Waals surface area contributed by atoms with E-state index in [0.717, 1.165) is 54.6 Å². The van der Waals surface area contributed by atoms with Gasteiger partial charge in [-0.25, -0.2) is 0 Å². The molecule has 1 aliphatic carbocycles. The van der Waals surface area contributed by atoms with Gasteiger partial charge in [0, 0.05) is 17.6 Å². The molecule has 2 unspecified atom stereocenters. The molecule has 0 amide bonds. The summed E-state index contributed by atoms with van der Waals surface area (Å²) in [5.74, 6) is 1.12. The van der Waals surface area contributed by atoms with Crippen molar-refractivity contribution in [3.8, 4) is 0 Å². The van der Waals surface area contributed by atoms with Crippen LogP contribution in [-0.2, 0) is 4.74 Å². The summed E-state index contributed by atoms with van der Waals surface area (Å²) in [4.78, 5) is 0. The highest BCUT2D eigenvalue weighted by Crippen LogP contribution is 2.48. The van der Waals surface area contributed by atoms with E-state index in [9.17, 15) is 5.11 Å². The second-order valence-electron chi connectivity index (χ2n) is 6.65. The average molecular weight is 286 g/mol. The summed E-state index contributed by atoms with van der Waals surface area (Å²) in [6.07, 6.45) is 5.03. The lowest BCUT2D eigenvalue weighted by Crippen LogP contribution is -2.46. The number of rotatable bonds is 2. The van der Waals surface area contributed by atoms with E-state index in [0.29, 0.717) is 0 Å². The molecule has 1 saturated carbocycles. The number of ether oxygens (including phenoxy) is 1. The molecular formula is C18H22O3. The van der Waals surface area contributed by atoms with Gasteiger partial charge < -0.3 is 14.3 Å². The topological polar surface area (TPSA) is 42.6 Å². The normalized spacial score (nSPS) is 25.9. The van der Waals surface area contributed by atoms with Gasteiger partial charge in [-0.1, -0.05) is 18.2 Å². The molecule has 1 aromatic carbocycles. The maximum absolute atomic E-state index is 10.9. The van der Waals surface area contributed by atoms with Crippen molar-refractivity contribution in [2.75, 3.05) is 6.61 Å². The van der Waals surface area contributed by atoms with Gasteiger partial charge in [-0.15, -0.1) is 0 Å². The zero-order valence-electron chi connectivity index (χ0n) is 12.5. The van der Waals surface area contributed by atoms with Crippen LogP contribution in [0.15, 0.2) is 28.7 Å². The largest absolute Gasteiger partial charge is 0.461 e. The van der Waals surface area contributed by atoms with Crippen molar-refractivity contribution < 1.29 is 14.3 Å². The molecule has 1 aromatic heterocycles. The molecule has 1 spiro atoms. The van der Waals surface area contributed by atoms with E-state index >= 15 is 0 Å². The van der Waals surface area contributed by atoms with E-state index in [1.165, 1.54) is 6.42 Å². The molecule has 1 N–H and O–H groups in total. The van der Waals surface area contributed by atoms with Crippen LogP contribution >= 0.6 is 0 Å². The van der Waals surface area contributed by atoms with Crippen LogP contribution in [-0.4, -0.2) is 17.3 Å². The average Bonchev–Trinajstić information content (AvgIpc) is 2.81. The van der Waals surface area contributed by atoms with Crippen molar-refractivity contribution in [3.63, 3.8) is 0 Å². The Balaban J connectivity index is 1.66. The van der Waals surface area contributed by atoms with Crippen molar-refractivity contribution in [2.45, 2.75) is 50.7 Å². The smallest absolute Gasteiger partial charge is 0.134 e. The molecule has 2 aromatic rings. The van der Waals surface area contributed by atoms with Gasteiger partial charge in [-0.05, 0) is 51.0 Å². The van der Waals surface area contributed by atoms with Crippen LogP contribution in [0, 0.1) is 12.8 Å². The quantitative estimate of drug-likeness (QED) is 0.903. The number of benzene rings is 1. The highest BCUT2D eigenvalue weighted by atomic mass is 16.5. The van der Waals surface area contributed by atoms with Crippen LogP contribution < -0.4 is 0 Å². The lowest BCUT2D eigenvalue weighted by Gasteiger charge is -2.48. The van der Waals surface area contributed by atoms with Crippen molar-refractivity contribution in [2.24, 2.45) is 5.92 Å². The number of hydrogen-bond donors (Lipinski definition) is 1. The molecule has 2 heterocycles. The maximum Gasteiger partial charge on any atom is 0.134 e. The SMILES string of the molecule is Cc1oc2ccccc2c1C(O)C1CCOC2(CCC2)C1. The number of furan rings is 1. The first-order valence-corrected chi connectivity index (χ1v) is 7.99. The molecule has 21 heavy (non-hydrogen) atoms. The lowest BCUT2D eigenvalue weighted by atomic mass is 9.70. The number of hydrogen-bond acceptors (Lipinski definition) is 3. The van der Waals surface area contributed by atoms with Crippen molar-refractivity contribution in [3.05, 3.63) is 35.6 Å². The Labute approximate surface area is 124 Å². The Morgan fingerprint density at radius 3 is 2.86 bits per heavy atom. The van der Waals surface area contributed by atoms with E-state index in [1.807, 2.05) is 31.2 Å². The molecular weight excluding hydrogens is 264 g/mol. The van der Waals surface area contributed by atoms with Crippen LogP contribution in [0.25, 0.3) is 11.0 Å². The van der Waals surface area contributed by atoms with E-state index in [2.05, 4.69) is 0 Å².